The van der Waals surface area contributed by atoms with Crippen LogP contribution in [0.2, 0.25) is 36.3 Å². The Hall–Kier alpha value is -2.28. The second-order valence-corrected chi connectivity index (χ2v) is 33.4. The molecule has 0 saturated carbocycles. The molecule has 0 spiro atoms. The van der Waals surface area contributed by atoms with Gasteiger partial charge in [0.15, 0.2) is 40.3 Å². The predicted molar refractivity (Wildman–Crippen MR) is 234 cm³/mol. The van der Waals surface area contributed by atoms with Crippen LogP contribution in [0, 0.1) is 11.3 Å². The van der Waals surface area contributed by atoms with Gasteiger partial charge in [-0.25, -0.2) is 25.0 Å². The monoisotopic (exact) mass is 957 g/mol. The molecule has 0 aromatic carbocycles. The Morgan fingerprint density at radius 1 is 0.902 bits per heavy atom. The van der Waals surface area contributed by atoms with Crippen molar-refractivity contribution >= 4 is 75.9 Å². The first-order valence-corrected chi connectivity index (χ1v) is 30.7. The van der Waals surface area contributed by atoms with E-state index in [9.17, 15) is 14.9 Å². The van der Waals surface area contributed by atoms with Crippen LogP contribution in [-0.2, 0) is 64.6 Å². The first kappa shape index (κ1) is 46.7. The summed E-state index contributed by atoms with van der Waals surface area (Å²) in [5.41, 5.74) is 0.935. The highest BCUT2D eigenvalue weighted by Crippen LogP contribution is 2.58. The van der Waals surface area contributed by atoms with Crippen LogP contribution in [0.25, 0.3) is 22.2 Å². The smallest absolute Gasteiger partial charge is 0.327 e. The van der Waals surface area contributed by atoms with Crippen LogP contribution in [0.3, 0.4) is 0 Å². The molecule has 3 aliphatic rings. The minimum absolute atomic E-state index is 0.0180. The fourth-order valence-corrected chi connectivity index (χ4v) is 12.8. The molecule has 3 unspecified atom stereocenters. The van der Waals surface area contributed by atoms with Gasteiger partial charge in [-0.1, -0.05) is 41.5 Å². The maximum atomic E-state index is 12.8. The Morgan fingerprint density at radius 3 is 2.25 bits per heavy atom. The Balaban J connectivity index is 1.34. The lowest BCUT2D eigenvalue weighted by Crippen LogP contribution is -2.50. The number of nitrogens with one attached hydrogen (secondary N) is 1. The van der Waals surface area contributed by atoms with Crippen molar-refractivity contribution in [1.82, 2.24) is 39.3 Å². The van der Waals surface area contributed by atoms with E-state index in [1.165, 1.54) is 18.9 Å². The molecule has 0 amide bonds. The van der Waals surface area contributed by atoms with E-state index in [-0.39, 0.29) is 41.8 Å². The van der Waals surface area contributed by atoms with E-state index in [4.69, 9.17) is 64.6 Å². The summed E-state index contributed by atoms with van der Waals surface area (Å²) in [4.78, 5) is 42.2. The molecule has 0 aliphatic carbocycles. The fraction of sp³-hybridized carbons (Fsp3) is 0.686. The van der Waals surface area contributed by atoms with Gasteiger partial charge < -0.3 is 36.8 Å². The van der Waals surface area contributed by atoms with Crippen LogP contribution in [0.15, 0.2) is 36.2 Å². The number of aromatic amines is 1. The number of rotatable bonds is 9. The molecule has 334 valence electrons. The molecule has 3 fully saturated rings. The molecule has 3 aliphatic heterocycles. The molecule has 10 atom stereocenters. The summed E-state index contributed by atoms with van der Waals surface area (Å²) in [5.74, 6) is 0. The second-order valence-electron chi connectivity index (χ2n) is 18.2. The van der Waals surface area contributed by atoms with Gasteiger partial charge in [0.2, 0.25) is 0 Å². The number of nitriles is 1. The van der Waals surface area contributed by atoms with E-state index in [1.807, 2.05) is 0 Å². The first-order chi connectivity index (χ1) is 28.4. The van der Waals surface area contributed by atoms with Crippen LogP contribution >= 0.6 is 13.4 Å². The maximum Gasteiger partial charge on any atom is 0.327 e. The lowest BCUT2D eigenvalue weighted by Gasteiger charge is -2.41. The van der Waals surface area contributed by atoms with Crippen molar-refractivity contribution in [3.63, 3.8) is 0 Å². The summed E-state index contributed by atoms with van der Waals surface area (Å²) in [7, 11) is -5.29. The third kappa shape index (κ3) is 9.59. The molecule has 3 saturated heterocycles. The molecule has 26 heteroatoms. The summed E-state index contributed by atoms with van der Waals surface area (Å²) in [6, 6.07) is 2.08. The second kappa shape index (κ2) is 17.3. The zero-order valence-electron chi connectivity index (χ0n) is 35.7. The van der Waals surface area contributed by atoms with E-state index in [0.717, 1.165) is 0 Å². The summed E-state index contributed by atoms with van der Waals surface area (Å²) in [6.07, 6.45) is -0.527. The average molecular weight is 958 g/mol. The van der Waals surface area contributed by atoms with E-state index >= 15 is 0 Å². The molecule has 0 radical (unpaired) electrons. The van der Waals surface area contributed by atoms with Crippen molar-refractivity contribution in [3.8, 4) is 6.07 Å². The maximum absolute atomic E-state index is 12.8. The molecule has 4 aromatic heterocycles. The Morgan fingerprint density at radius 2 is 1.56 bits per heavy atom. The lowest BCUT2D eigenvalue weighted by atomic mass is 10.1. The van der Waals surface area contributed by atoms with Gasteiger partial charge in [-0.3, -0.25) is 23.0 Å². The van der Waals surface area contributed by atoms with Crippen molar-refractivity contribution in [3.05, 3.63) is 41.7 Å². The number of aromatic nitrogens is 8. The van der Waals surface area contributed by atoms with Gasteiger partial charge in [0.1, 0.15) is 48.5 Å². The van der Waals surface area contributed by atoms with Crippen LogP contribution in [0.1, 0.15) is 60.4 Å². The number of nitrogens with zero attached hydrogens (tertiary/aromatic N) is 8. The average Bonchev–Trinajstić information content (AvgIpc) is 3.93. The molecule has 20 nitrogen and oxygen atoms in total. The highest BCUT2D eigenvalue weighted by molar-refractivity contribution is 8.07. The third-order valence-electron chi connectivity index (χ3n) is 12.0. The molecule has 4 aromatic rings. The zero-order valence-corrected chi connectivity index (χ0v) is 41.1. The summed E-state index contributed by atoms with van der Waals surface area (Å²) < 4.78 is 63.4. The van der Waals surface area contributed by atoms with Crippen molar-refractivity contribution in [1.29, 1.82) is 5.26 Å². The topological polar surface area (TPSA) is 234 Å². The fourth-order valence-electron chi connectivity index (χ4n) is 6.69. The zero-order chi connectivity index (χ0) is 44.3. The quantitative estimate of drug-likeness (QED) is 0.116. The number of H-pyrrole nitrogens is 1. The summed E-state index contributed by atoms with van der Waals surface area (Å²) >= 11 is 12.0. The molecule has 61 heavy (non-hydrogen) atoms. The number of imidazole rings is 2. The number of hydrogen-bond acceptors (Lipinski definition) is 18. The normalized spacial score (nSPS) is 32.0. The van der Waals surface area contributed by atoms with Crippen LogP contribution < -0.4 is 5.56 Å². The van der Waals surface area contributed by atoms with Crippen molar-refractivity contribution in [2.45, 2.75) is 133 Å². The number of ether oxygens (including phenoxy) is 2. The largest absolute Gasteiger partial charge is 0.408 e. The Kier molecular flexibility index (Phi) is 13.2. The Labute approximate surface area is 365 Å². The van der Waals surface area contributed by atoms with Gasteiger partial charge >= 0.3 is 13.4 Å². The van der Waals surface area contributed by atoms with Crippen LogP contribution in [-0.4, -0.2) is 117 Å². The van der Waals surface area contributed by atoms with Gasteiger partial charge in [0.25, 0.3) is 5.56 Å². The summed E-state index contributed by atoms with van der Waals surface area (Å²) in [6.45, 7) is 12.1. The van der Waals surface area contributed by atoms with Crippen LogP contribution in [0.4, 0.5) is 0 Å². The van der Waals surface area contributed by atoms with Crippen molar-refractivity contribution < 1.29 is 45.8 Å². The standard InChI is InChI=1S/C35H53N9O11P2S2Si2/c1-34(2,3)60(7,8)54-27-24-16-48-56(46,58)52-26-23(50-33(29(26)55-61(9,10)35(4,5)6)44-19-39-21-14-37-18-38-30(21)44)17-49-57(59,47-13-11-12-36)53-28(27)32(51-24)43-20-40-25-22(43)15-41-42-31(25)45/h14-15,18-20,23-24,26-29,32-33H,11,13,16-17H2,1-10H3,(H,42,45)(H,46,58)/t23-,24-,26-,27-,28-,29-,32?,33-,56?,57?/m1/s1. The molecular formula is C35H53N9O11P2S2Si2. The lowest BCUT2D eigenvalue weighted by molar-refractivity contribution is -0.0618. The van der Waals surface area contributed by atoms with Crippen LogP contribution in [0.5, 0.6) is 0 Å². The van der Waals surface area contributed by atoms with Crippen molar-refractivity contribution in [2.75, 3.05) is 19.8 Å². The molecule has 7 rings (SSSR count). The van der Waals surface area contributed by atoms with Gasteiger partial charge in [0, 0.05) is 0 Å². The van der Waals surface area contributed by atoms with E-state index in [0.29, 0.717) is 16.7 Å². The highest BCUT2D eigenvalue weighted by atomic mass is 32.5. The first-order valence-electron chi connectivity index (χ1n) is 19.7. The molecule has 2 bridgehead atoms. The van der Waals surface area contributed by atoms with Gasteiger partial charge in [-0.2, -0.15) is 10.4 Å². The summed E-state index contributed by atoms with van der Waals surface area (Å²) in [5, 5.41) is 15.4. The minimum Gasteiger partial charge on any atom is -0.408 e. The highest BCUT2D eigenvalue weighted by Gasteiger charge is 2.57. The van der Waals surface area contributed by atoms with E-state index in [2.05, 4.69) is 104 Å². The van der Waals surface area contributed by atoms with Gasteiger partial charge in [0.05, 0.1) is 62.9 Å². The van der Waals surface area contributed by atoms with E-state index in [1.54, 1.807) is 21.7 Å². The number of fused-ring (bicyclic) bond motifs is 5. The van der Waals surface area contributed by atoms with Crippen molar-refractivity contribution in [2.24, 2.45) is 0 Å². The Bertz CT molecular complexity index is 2440. The molecule has 7 heterocycles. The minimum atomic E-state index is -4.18. The predicted octanol–water partition coefficient (Wildman–Crippen LogP) is 5.72. The molecule has 2 N–H and O–H groups in total. The van der Waals surface area contributed by atoms with E-state index < -0.39 is 84.7 Å². The SMILES string of the molecule is CC(C)(C)[Si](C)(C)O[C@@H]1[C@@H]2OP(O)(=S)OC[C@H]3OC(n4cnc5c(=O)[nH]ncc54)[C@H](OP(=S)(OCCC#N)OC[C@H]2O[C@H]1n1cnc2cncnc21)[C@@H]3O[Si](C)(C)C(C)(C)C. The van der Waals surface area contributed by atoms with Gasteiger partial charge in [-0.15, -0.1) is 0 Å². The third-order valence-corrected chi connectivity index (χ3v) is 24.9. The number of hydrogen-bond donors (Lipinski definition) is 2. The molecular weight excluding hydrogens is 905 g/mol. The van der Waals surface area contributed by atoms with Gasteiger partial charge in [-0.05, 0) is 59.9 Å².